The molecule has 8 aromatic carbocycles. The molecule has 0 aromatic heterocycles. The number of fused-ring (bicyclic) bond motifs is 2. The van der Waals surface area contributed by atoms with Gasteiger partial charge in [-0.05, 0) is 79.9 Å². The van der Waals surface area contributed by atoms with Crippen LogP contribution in [0, 0.1) is 0 Å². The van der Waals surface area contributed by atoms with Gasteiger partial charge in [0.2, 0.25) is 0 Å². The van der Waals surface area contributed by atoms with Crippen LogP contribution in [0.25, 0.3) is 43.8 Å². The van der Waals surface area contributed by atoms with Gasteiger partial charge >= 0.3 is 0 Å². The summed E-state index contributed by atoms with van der Waals surface area (Å²) in [7, 11) is 0. The third kappa shape index (κ3) is 7.46. The maximum absolute atomic E-state index is 6.98. The first-order chi connectivity index (χ1) is 26.7. The van der Waals surface area contributed by atoms with E-state index in [0.717, 1.165) is 37.2 Å². The van der Waals surface area contributed by atoms with E-state index in [0.29, 0.717) is 0 Å². The van der Waals surface area contributed by atoms with Gasteiger partial charge in [-0.2, -0.15) is 0 Å². The second kappa shape index (κ2) is 16.4. The van der Waals surface area contributed by atoms with Crippen LogP contribution in [0.5, 0.6) is 0 Å². The summed E-state index contributed by atoms with van der Waals surface area (Å²) in [6, 6.07) is 69.1. The van der Waals surface area contributed by atoms with Gasteiger partial charge in [0, 0.05) is 35.6 Å². The Morgan fingerprint density at radius 2 is 0.759 bits per heavy atom. The van der Waals surface area contributed by atoms with Crippen molar-refractivity contribution in [2.75, 3.05) is 23.7 Å². The van der Waals surface area contributed by atoms with E-state index in [2.05, 4.69) is 211 Å². The van der Waals surface area contributed by atoms with Crippen molar-refractivity contribution in [3.8, 4) is 11.1 Å². The van der Waals surface area contributed by atoms with E-state index in [1.165, 1.54) is 66.2 Å². The maximum Gasteiger partial charge on any atom is 0.0453 e. The first kappa shape index (κ1) is 34.4. The minimum atomic E-state index is 0.789. The molecule has 0 amide bonds. The molecular formula is C52H44N2. The topological polar surface area (TPSA) is 29.3 Å². The number of anilines is 2. The second-order valence-electron chi connectivity index (χ2n) is 13.7. The van der Waals surface area contributed by atoms with Gasteiger partial charge in [-0.3, -0.25) is 0 Å². The number of benzene rings is 8. The Morgan fingerprint density at radius 3 is 1.20 bits per heavy atom. The fraction of sp³-hybridized carbons (Fsp3) is 0.0769. The number of nitrogens with two attached hydrogens (primary N) is 1. The van der Waals surface area contributed by atoms with Crippen LogP contribution in [0.3, 0.4) is 0 Å². The molecule has 0 aliphatic heterocycles. The van der Waals surface area contributed by atoms with Crippen molar-refractivity contribution >= 4 is 44.1 Å². The van der Waals surface area contributed by atoms with Gasteiger partial charge in [0.1, 0.15) is 0 Å². The Labute approximate surface area is 319 Å². The summed E-state index contributed by atoms with van der Waals surface area (Å²) in [5.41, 5.74) is 18.7. The molecule has 0 saturated heterocycles. The molecule has 8 rings (SSSR count). The van der Waals surface area contributed by atoms with Crippen LogP contribution >= 0.6 is 0 Å². The second-order valence-corrected chi connectivity index (χ2v) is 13.7. The molecule has 8 aromatic rings. The van der Waals surface area contributed by atoms with Gasteiger partial charge in [0.25, 0.3) is 0 Å². The van der Waals surface area contributed by atoms with Crippen molar-refractivity contribution in [1.29, 1.82) is 0 Å². The van der Waals surface area contributed by atoms with Crippen molar-refractivity contribution in [1.82, 2.24) is 0 Å². The number of nitrogen functional groups attached to an aromatic ring is 1. The van der Waals surface area contributed by atoms with E-state index in [1.807, 2.05) is 0 Å². The predicted octanol–water partition coefficient (Wildman–Crippen LogP) is 13.1. The van der Waals surface area contributed by atoms with E-state index in [1.54, 1.807) is 0 Å². The van der Waals surface area contributed by atoms with Gasteiger partial charge in [-0.25, -0.2) is 0 Å². The van der Waals surface area contributed by atoms with Gasteiger partial charge in [-0.1, -0.05) is 194 Å². The van der Waals surface area contributed by atoms with Crippen LogP contribution in [0.1, 0.15) is 35.1 Å². The Bertz CT molecular complexity index is 2360. The number of hydrogen-bond acceptors (Lipinski definition) is 2. The molecule has 262 valence electrons. The highest BCUT2D eigenvalue weighted by Gasteiger charge is 2.20. The lowest BCUT2D eigenvalue weighted by Crippen LogP contribution is -2.26. The van der Waals surface area contributed by atoms with Crippen LogP contribution in [0.15, 0.2) is 206 Å². The highest BCUT2D eigenvalue weighted by Crippen LogP contribution is 2.44. The zero-order valence-electron chi connectivity index (χ0n) is 30.5. The fourth-order valence-corrected chi connectivity index (χ4v) is 7.71. The van der Waals surface area contributed by atoms with Gasteiger partial charge in [0.15, 0.2) is 0 Å². The Balaban J connectivity index is 1.25. The van der Waals surface area contributed by atoms with E-state index in [9.17, 15) is 0 Å². The third-order valence-electron chi connectivity index (χ3n) is 10.3. The Hall–Kier alpha value is -6.64. The van der Waals surface area contributed by atoms with Crippen LogP contribution < -0.4 is 10.6 Å². The summed E-state index contributed by atoms with van der Waals surface area (Å²) in [6.45, 7) is 1.66. The van der Waals surface area contributed by atoms with E-state index >= 15 is 0 Å². The van der Waals surface area contributed by atoms with Crippen molar-refractivity contribution in [2.24, 2.45) is 0 Å². The molecule has 0 aliphatic rings. The van der Waals surface area contributed by atoms with Crippen molar-refractivity contribution in [2.45, 2.75) is 12.8 Å². The zero-order valence-corrected chi connectivity index (χ0v) is 30.5. The molecule has 2 heteroatoms. The highest BCUT2D eigenvalue weighted by atomic mass is 15.1. The third-order valence-corrected chi connectivity index (χ3v) is 10.3. The average Bonchev–Trinajstić information content (AvgIpc) is 3.24. The van der Waals surface area contributed by atoms with Gasteiger partial charge in [0.05, 0.1) is 0 Å². The monoisotopic (exact) mass is 696 g/mol. The zero-order chi connectivity index (χ0) is 36.5. The molecule has 0 radical (unpaired) electrons. The molecule has 0 heterocycles. The first-order valence-electron chi connectivity index (χ1n) is 18.9. The van der Waals surface area contributed by atoms with Gasteiger partial charge < -0.3 is 10.6 Å². The Kier molecular flexibility index (Phi) is 10.4. The number of hydrogen-bond donors (Lipinski definition) is 1. The summed E-state index contributed by atoms with van der Waals surface area (Å²) in [5, 5.41) is 4.76. The van der Waals surface area contributed by atoms with E-state index in [4.69, 9.17) is 5.73 Å². The Morgan fingerprint density at radius 1 is 0.389 bits per heavy atom. The lowest BCUT2D eigenvalue weighted by molar-refractivity contribution is 0.791. The molecular weight excluding hydrogens is 653 g/mol. The summed E-state index contributed by atoms with van der Waals surface area (Å²) in [4.78, 5) is 2.58. The average molecular weight is 697 g/mol. The smallest absolute Gasteiger partial charge is 0.0453 e. The molecule has 0 aliphatic carbocycles. The molecule has 2 N–H and O–H groups in total. The SMILES string of the molecule is Nc1ccc2ccccc2c1-c1c(N(CCC=C(c2ccccc2)c2ccccc2)CCC=C(c2ccccc2)c2ccccc2)ccc2ccccc12. The molecule has 0 bridgehead atoms. The van der Waals surface area contributed by atoms with E-state index in [-0.39, 0.29) is 0 Å². The molecule has 54 heavy (non-hydrogen) atoms. The molecule has 0 fully saturated rings. The molecule has 0 unspecified atom stereocenters. The lowest BCUT2D eigenvalue weighted by atomic mass is 9.90. The van der Waals surface area contributed by atoms with Crippen LogP contribution in [-0.2, 0) is 0 Å². The highest BCUT2D eigenvalue weighted by molar-refractivity contribution is 6.13. The summed E-state index contributed by atoms with van der Waals surface area (Å²) in [6.07, 6.45) is 6.56. The summed E-state index contributed by atoms with van der Waals surface area (Å²) in [5.74, 6) is 0. The van der Waals surface area contributed by atoms with Crippen molar-refractivity contribution in [3.63, 3.8) is 0 Å². The predicted molar refractivity (Wildman–Crippen MR) is 233 cm³/mol. The van der Waals surface area contributed by atoms with Crippen molar-refractivity contribution in [3.05, 3.63) is 229 Å². The number of rotatable bonds is 12. The molecule has 0 atom stereocenters. The minimum Gasteiger partial charge on any atom is -0.398 e. The normalized spacial score (nSPS) is 11.0. The largest absolute Gasteiger partial charge is 0.398 e. The van der Waals surface area contributed by atoms with Gasteiger partial charge in [-0.15, -0.1) is 0 Å². The van der Waals surface area contributed by atoms with Crippen LogP contribution in [-0.4, -0.2) is 13.1 Å². The molecule has 0 saturated carbocycles. The quantitative estimate of drug-likeness (QED) is 0.129. The van der Waals surface area contributed by atoms with Crippen LogP contribution in [0.2, 0.25) is 0 Å². The van der Waals surface area contributed by atoms with E-state index < -0.39 is 0 Å². The van der Waals surface area contributed by atoms with Crippen molar-refractivity contribution < 1.29 is 0 Å². The fourth-order valence-electron chi connectivity index (χ4n) is 7.71. The minimum absolute atomic E-state index is 0.789. The van der Waals surface area contributed by atoms with Crippen LogP contribution in [0.4, 0.5) is 11.4 Å². The summed E-state index contributed by atoms with van der Waals surface area (Å²) >= 11 is 0. The maximum atomic E-state index is 6.98. The molecule has 0 spiro atoms. The number of nitrogens with zero attached hydrogens (tertiary/aromatic N) is 1. The standard InChI is InChI=1S/C52H44N2/c53-49-35-33-43-27-13-15-29-47(43)51(49)52-48-30-16-14-28-44(48)34-36-50(52)54(37-17-31-45(39-19-5-1-6-20-39)40-21-7-2-8-22-40)38-18-32-46(41-23-9-3-10-24-41)42-25-11-4-12-26-42/h1-16,19-36H,17-18,37-38,53H2. The molecule has 2 nitrogen and oxygen atoms in total. The summed E-state index contributed by atoms with van der Waals surface area (Å²) < 4.78 is 0. The first-order valence-corrected chi connectivity index (χ1v) is 18.9. The lowest BCUT2D eigenvalue weighted by Gasteiger charge is -2.29.